The molecule has 5 nitrogen and oxygen atoms in total. The van der Waals surface area contributed by atoms with Gasteiger partial charge in [0, 0.05) is 18.8 Å². The van der Waals surface area contributed by atoms with E-state index in [4.69, 9.17) is 4.74 Å². The van der Waals surface area contributed by atoms with Gasteiger partial charge in [-0.1, -0.05) is 44.6 Å². The molecule has 0 aromatic heterocycles. The van der Waals surface area contributed by atoms with Gasteiger partial charge >= 0.3 is 5.97 Å². The second-order valence-electron chi connectivity index (χ2n) is 10.7. The smallest absolute Gasteiger partial charge is 0.306 e. The van der Waals surface area contributed by atoms with E-state index in [0.717, 1.165) is 25.7 Å². The van der Waals surface area contributed by atoms with Gasteiger partial charge in [0.1, 0.15) is 0 Å². The molecule has 0 aromatic rings. The van der Waals surface area contributed by atoms with Crippen LogP contribution in [-0.4, -0.2) is 40.3 Å². The minimum absolute atomic E-state index is 0.0693. The first-order valence-electron chi connectivity index (χ1n) is 12.9. The molecule has 5 heteroatoms. The summed E-state index contributed by atoms with van der Waals surface area (Å²) in [4.78, 5) is 23.8. The molecule has 0 aromatic carbocycles. The van der Waals surface area contributed by atoms with Crippen molar-refractivity contribution < 1.29 is 24.5 Å². The van der Waals surface area contributed by atoms with Crippen LogP contribution < -0.4 is 0 Å². The lowest BCUT2D eigenvalue weighted by Crippen LogP contribution is -2.26. The third kappa shape index (κ3) is 8.71. The van der Waals surface area contributed by atoms with Gasteiger partial charge in [-0.15, -0.1) is 11.8 Å². The molecule has 0 heterocycles. The van der Waals surface area contributed by atoms with Gasteiger partial charge < -0.3 is 14.9 Å². The number of hydrogen-bond donors (Lipinski definition) is 2. The van der Waals surface area contributed by atoms with Crippen LogP contribution in [0.15, 0.2) is 23.8 Å². The minimum atomic E-state index is -0.627. The number of hydrogen-bond acceptors (Lipinski definition) is 5. The van der Waals surface area contributed by atoms with E-state index < -0.39 is 12.2 Å². The number of fused-ring (bicyclic) bond motifs is 1. The molecule has 0 amide bonds. The number of aliphatic hydroxyl groups excluding tert-OH is 2. The maximum Gasteiger partial charge on any atom is 0.306 e. The van der Waals surface area contributed by atoms with Crippen LogP contribution in [0, 0.1) is 41.4 Å². The standard InChI is InChI=1S/C29H44O5/c1-6-7-10-20(4)26(31)14-13-24-25-17-22(16-23(25)18-27(24)32)11-8-9-12-29(33)34-28(21(5)30)15-19(2)3/h11,13-14,19-20,23-28,31-32H,8-10,12,15-18H2,1-5H3/b14-13+,22-11+/t20?,23-,24+,25-,26+,27+,28-/m0/s1. The molecule has 2 saturated carbocycles. The molecule has 2 N–H and O–H groups in total. The van der Waals surface area contributed by atoms with Crippen molar-refractivity contribution in [1.82, 2.24) is 0 Å². The van der Waals surface area contributed by atoms with Crippen molar-refractivity contribution in [3.63, 3.8) is 0 Å². The van der Waals surface area contributed by atoms with E-state index in [1.165, 1.54) is 12.5 Å². The van der Waals surface area contributed by atoms with Crippen LogP contribution in [0.5, 0.6) is 0 Å². The normalized spacial score (nSPS) is 27.9. The Morgan fingerprint density at radius 3 is 2.62 bits per heavy atom. The molecule has 1 unspecified atom stereocenters. The molecule has 2 aliphatic rings. The Bertz CT molecular complexity index is 799. The second kappa shape index (κ2) is 13.9. The van der Waals surface area contributed by atoms with Gasteiger partial charge in [-0.05, 0) is 76.0 Å². The van der Waals surface area contributed by atoms with E-state index in [9.17, 15) is 19.8 Å². The summed E-state index contributed by atoms with van der Waals surface area (Å²) in [5, 5.41) is 21.0. The summed E-state index contributed by atoms with van der Waals surface area (Å²) in [5.41, 5.74) is 1.40. The van der Waals surface area contributed by atoms with Gasteiger partial charge in [-0.25, -0.2) is 0 Å². The first-order chi connectivity index (χ1) is 16.1. The molecule has 2 fully saturated rings. The number of unbranched alkanes of at least 4 members (excludes halogenated alkanes) is 1. The maximum atomic E-state index is 12.1. The average molecular weight is 473 g/mol. The Kier molecular flexibility index (Phi) is 11.5. The van der Waals surface area contributed by atoms with Crippen molar-refractivity contribution in [1.29, 1.82) is 0 Å². The Balaban J connectivity index is 1.81. The molecule has 0 spiro atoms. The fraction of sp³-hybridized carbons (Fsp3) is 0.724. The van der Waals surface area contributed by atoms with Crippen LogP contribution in [-0.2, 0) is 14.3 Å². The van der Waals surface area contributed by atoms with E-state index in [1.807, 2.05) is 32.9 Å². The Morgan fingerprint density at radius 1 is 1.24 bits per heavy atom. The van der Waals surface area contributed by atoms with Crippen LogP contribution in [0.25, 0.3) is 0 Å². The molecule has 2 aliphatic carbocycles. The van der Waals surface area contributed by atoms with Gasteiger partial charge in [0.05, 0.1) is 12.2 Å². The molecule has 34 heavy (non-hydrogen) atoms. The molecule has 0 saturated heterocycles. The SMILES string of the molecule is CC#CCC(C)[C@H](O)/C=C/[C@@H]1[C@H]2C/C(=C/CCCC(=O)O[C@@H](CC(C)C)C(C)=O)C[C@H]2C[C@H]1O. The number of Topliss-reactive ketones (excluding diaryl/α,β-unsaturated/α-hetero) is 1. The summed E-state index contributed by atoms with van der Waals surface area (Å²) >= 11 is 0. The van der Waals surface area contributed by atoms with Crippen molar-refractivity contribution >= 4 is 11.8 Å². The van der Waals surface area contributed by atoms with Gasteiger partial charge in [0.25, 0.3) is 0 Å². The van der Waals surface area contributed by atoms with E-state index >= 15 is 0 Å². The highest BCUT2D eigenvalue weighted by molar-refractivity contribution is 5.83. The van der Waals surface area contributed by atoms with Gasteiger partial charge in [0.15, 0.2) is 11.9 Å². The van der Waals surface area contributed by atoms with Crippen molar-refractivity contribution in [2.75, 3.05) is 0 Å². The quantitative estimate of drug-likeness (QED) is 0.181. The molecule has 0 aliphatic heterocycles. The number of esters is 1. The van der Waals surface area contributed by atoms with Crippen molar-refractivity contribution in [2.45, 2.75) is 104 Å². The highest BCUT2D eigenvalue weighted by Crippen LogP contribution is 2.50. The zero-order valence-corrected chi connectivity index (χ0v) is 21.6. The van der Waals surface area contributed by atoms with Gasteiger partial charge in [-0.3, -0.25) is 9.59 Å². The Morgan fingerprint density at radius 2 is 1.97 bits per heavy atom. The third-order valence-corrected chi connectivity index (χ3v) is 7.26. The Labute approximate surface area is 206 Å². The average Bonchev–Trinajstić information content (AvgIpc) is 3.28. The highest BCUT2D eigenvalue weighted by Gasteiger charge is 2.45. The molecular formula is C29H44O5. The monoisotopic (exact) mass is 472 g/mol. The first-order valence-corrected chi connectivity index (χ1v) is 12.9. The zero-order valence-electron chi connectivity index (χ0n) is 21.6. The number of allylic oxidation sites excluding steroid dienone is 2. The van der Waals surface area contributed by atoms with Gasteiger partial charge in [0.2, 0.25) is 0 Å². The van der Waals surface area contributed by atoms with Crippen LogP contribution in [0.2, 0.25) is 0 Å². The molecular weight excluding hydrogens is 428 g/mol. The van der Waals surface area contributed by atoms with Crippen molar-refractivity contribution in [2.24, 2.45) is 29.6 Å². The van der Waals surface area contributed by atoms with Crippen molar-refractivity contribution in [3.8, 4) is 11.8 Å². The van der Waals surface area contributed by atoms with Crippen LogP contribution in [0.4, 0.5) is 0 Å². The minimum Gasteiger partial charge on any atom is -0.454 e. The molecule has 0 radical (unpaired) electrons. The summed E-state index contributed by atoms with van der Waals surface area (Å²) in [6.07, 6.45) is 10.4. The molecule has 7 atom stereocenters. The fourth-order valence-corrected chi connectivity index (χ4v) is 5.25. The lowest BCUT2D eigenvalue weighted by atomic mass is 9.89. The lowest BCUT2D eigenvalue weighted by Gasteiger charge is -2.19. The fourth-order valence-electron chi connectivity index (χ4n) is 5.25. The number of aliphatic hydroxyl groups is 2. The third-order valence-electron chi connectivity index (χ3n) is 7.26. The van der Waals surface area contributed by atoms with Crippen molar-refractivity contribution in [3.05, 3.63) is 23.8 Å². The van der Waals surface area contributed by atoms with E-state index in [-0.39, 0.29) is 29.7 Å². The number of carbonyl (C=O) groups is 2. The summed E-state index contributed by atoms with van der Waals surface area (Å²) in [7, 11) is 0. The topological polar surface area (TPSA) is 83.8 Å². The zero-order chi connectivity index (χ0) is 25.3. The predicted octanol–water partition coefficient (Wildman–Crippen LogP) is 5.00. The van der Waals surface area contributed by atoms with E-state index in [0.29, 0.717) is 43.4 Å². The maximum absolute atomic E-state index is 12.1. The number of ether oxygens (including phenoxy) is 1. The molecule has 0 bridgehead atoms. The highest BCUT2D eigenvalue weighted by atomic mass is 16.5. The summed E-state index contributed by atoms with van der Waals surface area (Å²) in [6, 6.07) is 0. The molecule has 190 valence electrons. The Hall–Kier alpha value is -1.90. The number of ketones is 1. The second-order valence-corrected chi connectivity index (χ2v) is 10.7. The summed E-state index contributed by atoms with van der Waals surface area (Å²) < 4.78 is 5.39. The number of carbonyl (C=O) groups excluding carboxylic acids is 2. The molecule has 2 rings (SSSR count). The van der Waals surface area contributed by atoms with Gasteiger partial charge in [-0.2, -0.15) is 0 Å². The van der Waals surface area contributed by atoms with Crippen LogP contribution in [0.3, 0.4) is 0 Å². The van der Waals surface area contributed by atoms with Crippen LogP contribution in [0.1, 0.15) is 86.0 Å². The largest absolute Gasteiger partial charge is 0.454 e. The van der Waals surface area contributed by atoms with E-state index in [1.54, 1.807) is 6.92 Å². The predicted molar refractivity (Wildman–Crippen MR) is 135 cm³/mol. The van der Waals surface area contributed by atoms with Crippen LogP contribution >= 0.6 is 0 Å². The summed E-state index contributed by atoms with van der Waals surface area (Å²) in [5.74, 6) is 6.83. The number of rotatable bonds is 12. The first kappa shape index (κ1) is 28.3. The van der Waals surface area contributed by atoms with E-state index in [2.05, 4.69) is 17.9 Å². The lowest BCUT2D eigenvalue weighted by molar-refractivity contribution is -0.155. The summed E-state index contributed by atoms with van der Waals surface area (Å²) in [6.45, 7) is 9.29.